The van der Waals surface area contributed by atoms with Crippen molar-refractivity contribution < 1.29 is 18.9 Å². The number of nitrogens with two attached hydrogens (primary N) is 1. The van der Waals surface area contributed by atoms with Gasteiger partial charge in [-0.05, 0) is 63.3 Å². The van der Waals surface area contributed by atoms with E-state index in [1.54, 1.807) is 32.9 Å². The van der Waals surface area contributed by atoms with Gasteiger partial charge in [-0.1, -0.05) is 19.1 Å². The minimum atomic E-state index is -1.55. The van der Waals surface area contributed by atoms with E-state index in [1.807, 2.05) is 24.0 Å². The molecule has 1 unspecified atom stereocenters. The van der Waals surface area contributed by atoms with E-state index in [1.165, 1.54) is 11.8 Å². The zero-order valence-corrected chi connectivity index (χ0v) is 25.3. The molecule has 1 aliphatic rings. The maximum atomic E-state index is 12.4. The Balaban J connectivity index is 1.69. The van der Waals surface area contributed by atoms with Gasteiger partial charge in [-0.15, -0.1) is 16.9 Å². The van der Waals surface area contributed by atoms with E-state index >= 15 is 0 Å². The second-order valence-corrected chi connectivity index (χ2v) is 12.5. The lowest BCUT2D eigenvalue weighted by Crippen LogP contribution is -2.48. The molecule has 4 N–H and O–H groups in total. The van der Waals surface area contributed by atoms with Gasteiger partial charge in [-0.25, -0.2) is 9.78 Å². The van der Waals surface area contributed by atoms with Crippen molar-refractivity contribution in [3.05, 3.63) is 46.5 Å². The van der Waals surface area contributed by atoms with Gasteiger partial charge < -0.3 is 24.8 Å². The summed E-state index contributed by atoms with van der Waals surface area (Å²) in [5.41, 5.74) is 1.77. The van der Waals surface area contributed by atoms with Crippen LogP contribution in [0.15, 0.2) is 34.2 Å². The summed E-state index contributed by atoms with van der Waals surface area (Å²) < 4.78 is 16.6. The predicted octanol–water partition coefficient (Wildman–Crippen LogP) is 3.27. The number of aromatic nitrogens is 1. The predicted molar refractivity (Wildman–Crippen MR) is 157 cm³/mol. The highest BCUT2D eigenvalue weighted by molar-refractivity contribution is 7.98. The Bertz CT molecular complexity index is 1320. The molecule has 0 bridgehead atoms. The topological polar surface area (TPSA) is 180 Å². The highest BCUT2D eigenvalue weighted by Crippen LogP contribution is 2.34. The van der Waals surface area contributed by atoms with Crippen LogP contribution >= 0.6 is 11.8 Å². The number of amides is 2. The zero-order chi connectivity index (χ0) is 30.2. The zero-order valence-electron chi connectivity index (χ0n) is 23.7. The average molecular weight is 598 g/mol. The molecule has 2 aromatic rings. The largest absolute Gasteiger partial charge is 0.593 e. The fraction of sp³-hybridized carbons (Fsp3) is 0.464. The fourth-order valence-corrected chi connectivity index (χ4v) is 5.73. The molecule has 218 valence electrons. The number of rotatable bonds is 9. The van der Waals surface area contributed by atoms with Crippen molar-refractivity contribution in [1.82, 2.24) is 15.6 Å². The van der Waals surface area contributed by atoms with E-state index in [-0.39, 0.29) is 18.5 Å². The number of nitrogens with zero attached hydrogens (tertiary/aromatic N) is 4. The average Bonchev–Trinajstić information content (AvgIpc) is 2.93. The minimum absolute atomic E-state index is 0.0894. The number of carbonyl (C=O) groups is 2. The van der Waals surface area contributed by atoms with Crippen LogP contribution in [-0.4, -0.2) is 52.8 Å². The second kappa shape index (κ2) is 14.4. The lowest BCUT2D eigenvalue weighted by Gasteiger charge is -2.34. The van der Waals surface area contributed by atoms with Crippen LogP contribution in [0.5, 0.6) is 0 Å². The van der Waals surface area contributed by atoms with Gasteiger partial charge in [0.2, 0.25) is 5.91 Å². The summed E-state index contributed by atoms with van der Waals surface area (Å²) >= 11 is -0.145. The van der Waals surface area contributed by atoms with Gasteiger partial charge in [0.1, 0.15) is 35.1 Å². The highest BCUT2D eigenvalue weighted by atomic mass is 32.2. The number of thioether (sulfide) groups is 1. The number of hydrogen-bond donors (Lipinski definition) is 3. The number of carbonyl (C=O) groups excluding carboxylic acids is 2. The van der Waals surface area contributed by atoms with Gasteiger partial charge in [0.15, 0.2) is 4.90 Å². The SMILES string of the molecule is CCc1c(C#N)c(SCc2ccc([S+](N)[O-])cc2)nc(N2CCC(NC(=O)CNC(=O)OC(C)(C)C)CC2)c1C#N. The molecule has 1 fully saturated rings. The van der Waals surface area contributed by atoms with Crippen molar-refractivity contribution in [3.8, 4) is 12.1 Å². The number of ether oxygens (including phenoxy) is 1. The molecule has 2 heterocycles. The Labute approximate surface area is 248 Å². The monoisotopic (exact) mass is 597 g/mol. The molecule has 13 heteroatoms. The van der Waals surface area contributed by atoms with Crippen LogP contribution in [0.3, 0.4) is 0 Å². The van der Waals surface area contributed by atoms with Crippen LogP contribution in [0.25, 0.3) is 0 Å². The van der Waals surface area contributed by atoms with E-state index in [2.05, 4.69) is 22.8 Å². The summed E-state index contributed by atoms with van der Waals surface area (Å²) in [5, 5.41) is 31.4. The first-order chi connectivity index (χ1) is 19.4. The van der Waals surface area contributed by atoms with Crippen molar-refractivity contribution in [2.75, 3.05) is 24.5 Å². The van der Waals surface area contributed by atoms with Gasteiger partial charge in [-0.3, -0.25) is 4.79 Å². The number of pyridine rings is 1. The molecule has 1 aromatic heterocycles. The first-order valence-electron chi connectivity index (χ1n) is 13.2. The summed E-state index contributed by atoms with van der Waals surface area (Å²) in [6, 6.07) is 11.5. The minimum Gasteiger partial charge on any atom is -0.593 e. The fourth-order valence-electron chi connectivity index (χ4n) is 4.37. The molecule has 0 aliphatic carbocycles. The highest BCUT2D eigenvalue weighted by Gasteiger charge is 2.27. The van der Waals surface area contributed by atoms with Crippen molar-refractivity contribution >= 4 is 40.9 Å². The van der Waals surface area contributed by atoms with Crippen LogP contribution in [0, 0.1) is 22.7 Å². The number of nitrogens with one attached hydrogen (secondary N) is 2. The summed E-state index contributed by atoms with van der Waals surface area (Å²) in [5.74, 6) is 0.761. The Kier molecular flexibility index (Phi) is 11.3. The number of nitriles is 2. The quantitative estimate of drug-likeness (QED) is 0.287. The smallest absolute Gasteiger partial charge is 0.408 e. The molecule has 1 atom stereocenters. The van der Waals surface area contributed by atoms with Gasteiger partial charge >= 0.3 is 6.09 Å². The van der Waals surface area contributed by atoms with E-state index in [4.69, 9.17) is 14.9 Å². The van der Waals surface area contributed by atoms with Crippen LogP contribution in [0.4, 0.5) is 10.6 Å². The lowest BCUT2D eigenvalue weighted by atomic mass is 10.00. The summed E-state index contributed by atoms with van der Waals surface area (Å²) in [6.07, 6.45) is 1.11. The molecule has 41 heavy (non-hydrogen) atoms. The molecule has 0 radical (unpaired) electrons. The van der Waals surface area contributed by atoms with Gasteiger partial charge in [0.05, 0.1) is 22.5 Å². The van der Waals surface area contributed by atoms with Crippen LogP contribution < -0.4 is 20.7 Å². The number of alkyl carbamates (subject to hydrolysis) is 1. The van der Waals surface area contributed by atoms with Crippen molar-refractivity contribution in [3.63, 3.8) is 0 Å². The number of benzene rings is 1. The molecule has 0 saturated carbocycles. The Morgan fingerprint density at radius 2 is 1.83 bits per heavy atom. The molecule has 1 aromatic carbocycles. The van der Waals surface area contributed by atoms with Gasteiger partial charge in [0.25, 0.3) is 0 Å². The molecular weight excluding hydrogens is 562 g/mol. The normalized spacial score (nSPS) is 14.5. The molecule has 0 spiro atoms. The third-order valence-corrected chi connectivity index (χ3v) is 8.09. The van der Waals surface area contributed by atoms with E-state index in [0.29, 0.717) is 70.5 Å². The summed E-state index contributed by atoms with van der Waals surface area (Å²) in [7, 11) is 0. The lowest BCUT2D eigenvalue weighted by molar-refractivity contribution is -0.121. The van der Waals surface area contributed by atoms with Gasteiger partial charge in [0, 0.05) is 24.9 Å². The Morgan fingerprint density at radius 3 is 2.37 bits per heavy atom. The van der Waals surface area contributed by atoms with Crippen molar-refractivity contribution in [1.29, 1.82) is 10.5 Å². The number of anilines is 1. The number of piperidine rings is 1. The van der Waals surface area contributed by atoms with Crippen LogP contribution in [0.1, 0.15) is 62.8 Å². The van der Waals surface area contributed by atoms with E-state index < -0.39 is 23.1 Å². The Hall–Kier alpha value is -3.49. The van der Waals surface area contributed by atoms with Crippen LogP contribution in [0.2, 0.25) is 0 Å². The first kappa shape index (κ1) is 32.0. The van der Waals surface area contributed by atoms with Crippen LogP contribution in [-0.2, 0) is 33.1 Å². The third kappa shape index (κ3) is 9.00. The Morgan fingerprint density at radius 1 is 1.20 bits per heavy atom. The molecule has 2 amide bonds. The van der Waals surface area contributed by atoms with Crippen molar-refractivity contribution in [2.45, 2.75) is 74.3 Å². The summed E-state index contributed by atoms with van der Waals surface area (Å²) in [6.45, 7) is 8.09. The maximum Gasteiger partial charge on any atom is 0.408 e. The molecular formula is C28H35N7O4S2. The third-order valence-electron chi connectivity index (χ3n) is 6.31. The summed E-state index contributed by atoms with van der Waals surface area (Å²) in [4.78, 5) is 31.5. The molecule has 11 nitrogen and oxygen atoms in total. The maximum absolute atomic E-state index is 12.4. The first-order valence-corrected chi connectivity index (χ1v) is 15.4. The molecule has 1 saturated heterocycles. The number of hydrogen-bond acceptors (Lipinski definition) is 10. The van der Waals surface area contributed by atoms with Crippen molar-refractivity contribution in [2.24, 2.45) is 5.14 Å². The second-order valence-electron chi connectivity index (χ2n) is 10.5. The molecule has 3 rings (SSSR count). The van der Waals surface area contributed by atoms with Gasteiger partial charge in [-0.2, -0.15) is 10.5 Å². The molecule has 1 aliphatic heterocycles. The standard InChI is InChI=1S/C28H35N7O4S2/c1-5-21-22(14-29)25(34-26(23(21)15-30)40-17-18-6-8-20(9-7-18)41(31)38)35-12-10-19(11-13-35)33-24(36)16-32-27(37)39-28(2,3)4/h6-9,19H,5,10-13,16-17,31H2,1-4H3,(H,32,37)(H,33,36). The van der Waals surface area contributed by atoms with E-state index in [9.17, 15) is 24.7 Å². The van der Waals surface area contributed by atoms with E-state index in [0.717, 1.165) is 5.56 Å².